The van der Waals surface area contributed by atoms with Gasteiger partial charge in [0, 0.05) is 18.8 Å². The van der Waals surface area contributed by atoms with Crippen LogP contribution in [0, 0.1) is 11.8 Å². The highest BCUT2D eigenvalue weighted by Crippen LogP contribution is 2.44. The van der Waals surface area contributed by atoms with Crippen LogP contribution in [-0.2, 0) is 16.3 Å². The lowest BCUT2D eigenvalue weighted by molar-refractivity contribution is 0.310. The van der Waals surface area contributed by atoms with Gasteiger partial charge in [0.15, 0.2) is 9.84 Å². The van der Waals surface area contributed by atoms with Crippen molar-refractivity contribution >= 4 is 9.84 Å². The molecule has 4 rings (SSSR count). The maximum Gasteiger partial charge on any atom is 0.163 e. The van der Waals surface area contributed by atoms with Crippen LogP contribution >= 0.6 is 0 Å². The molecule has 2 heterocycles. The Morgan fingerprint density at radius 2 is 1.92 bits per heavy atom. The van der Waals surface area contributed by atoms with Gasteiger partial charge in [-0.3, -0.25) is 4.90 Å². The number of likely N-dealkylation sites (tertiary alicyclic amines) is 1. The minimum Gasteiger partial charge on any atom is -0.309 e. The van der Waals surface area contributed by atoms with Crippen molar-refractivity contribution in [3.05, 3.63) is 35.4 Å². The van der Waals surface area contributed by atoms with Gasteiger partial charge in [-0.15, -0.1) is 0 Å². The summed E-state index contributed by atoms with van der Waals surface area (Å²) < 4.78 is 23.8. The van der Waals surface area contributed by atoms with Crippen LogP contribution in [0.5, 0.6) is 0 Å². The Morgan fingerprint density at radius 3 is 2.68 bits per heavy atom. The first-order chi connectivity index (χ1) is 12.0. The van der Waals surface area contributed by atoms with E-state index < -0.39 is 9.84 Å². The summed E-state index contributed by atoms with van der Waals surface area (Å²) in [6.45, 7) is 2.92. The quantitative estimate of drug-likeness (QED) is 0.875. The third-order valence-corrected chi connectivity index (χ3v) is 8.09. The van der Waals surface area contributed by atoms with E-state index in [4.69, 9.17) is 0 Å². The molecule has 4 atom stereocenters. The number of hydrogen-bond donors (Lipinski definition) is 1. The lowest BCUT2D eigenvalue weighted by Crippen LogP contribution is -2.36. The van der Waals surface area contributed by atoms with Gasteiger partial charge < -0.3 is 5.32 Å². The van der Waals surface area contributed by atoms with Crippen molar-refractivity contribution in [1.29, 1.82) is 0 Å². The van der Waals surface area contributed by atoms with Crippen molar-refractivity contribution in [3.8, 4) is 0 Å². The summed E-state index contributed by atoms with van der Waals surface area (Å²) in [6.07, 6.45) is 8.23. The maximum absolute atomic E-state index is 11.9. The van der Waals surface area contributed by atoms with Gasteiger partial charge in [-0.25, -0.2) is 8.42 Å². The molecule has 1 aromatic rings. The SMILES string of the molecule is CS(=O)(=O)C1CCCN1CCc1ccc(C2NCC3CCCC32)cc1. The molecule has 0 radical (unpaired) electrons. The molecule has 1 aliphatic carbocycles. The molecule has 0 aromatic heterocycles. The Balaban J connectivity index is 1.36. The molecule has 3 aliphatic rings. The molecule has 2 aliphatic heterocycles. The van der Waals surface area contributed by atoms with Gasteiger partial charge >= 0.3 is 0 Å². The average Bonchev–Trinajstić information content (AvgIpc) is 3.29. The van der Waals surface area contributed by atoms with Gasteiger partial charge in [0.05, 0.1) is 0 Å². The Hall–Kier alpha value is -0.910. The van der Waals surface area contributed by atoms with Crippen molar-refractivity contribution in [3.63, 3.8) is 0 Å². The van der Waals surface area contributed by atoms with Crippen LogP contribution < -0.4 is 5.32 Å². The van der Waals surface area contributed by atoms with E-state index in [9.17, 15) is 8.42 Å². The molecule has 0 amide bonds. The molecule has 0 spiro atoms. The molecule has 1 aromatic carbocycles. The number of benzene rings is 1. The molecule has 4 nitrogen and oxygen atoms in total. The van der Waals surface area contributed by atoms with Gasteiger partial charge in [0.2, 0.25) is 0 Å². The van der Waals surface area contributed by atoms with Crippen molar-refractivity contribution < 1.29 is 8.42 Å². The van der Waals surface area contributed by atoms with Crippen molar-refractivity contribution in [1.82, 2.24) is 10.2 Å². The lowest BCUT2D eigenvalue weighted by atomic mass is 9.89. The van der Waals surface area contributed by atoms with E-state index in [1.165, 1.54) is 43.2 Å². The second-order valence-electron chi connectivity index (χ2n) is 8.19. The summed E-state index contributed by atoms with van der Waals surface area (Å²) >= 11 is 0. The van der Waals surface area contributed by atoms with Crippen molar-refractivity contribution in [2.45, 2.75) is 49.9 Å². The lowest BCUT2D eigenvalue weighted by Gasteiger charge is -2.23. The molecule has 0 bridgehead atoms. The second-order valence-corrected chi connectivity index (χ2v) is 10.4. The van der Waals surface area contributed by atoms with Crippen LogP contribution in [0.4, 0.5) is 0 Å². The van der Waals surface area contributed by atoms with Crippen LogP contribution in [0.2, 0.25) is 0 Å². The molecular weight excluding hydrogens is 332 g/mol. The molecule has 2 saturated heterocycles. The van der Waals surface area contributed by atoms with Crippen LogP contribution in [0.1, 0.15) is 49.3 Å². The average molecular weight is 363 g/mol. The third kappa shape index (κ3) is 3.64. The highest BCUT2D eigenvalue weighted by Gasteiger charge is 2.39. The molecule has 1 N–H and O–H groups in total. The zero-order valence-corrected chi connectivity index (χ0v) is 16.0. The molecular formula is C20H30N2O2S. The van der Waals surface area contributed by atoms with Crippen molar-refractivity contribution in [2.24, 2.45) is 11.8 Å². The monoisotopic (exact) mass is 362 g/mol. The molecule has 25 heavy (non-hydrogen) atoms. The summed E-state index contributed by atoms with van der Waals surface area (Å²) in [5.41, 5.74) is 2.73. The fourth-order valence-electron chi connectivity index (χ4n) is 5.25. The Kier molecular flexibility index (Phi) is 4.91. The molecule has 4 unspecified atom stereocenters. The first-order valence-corrected chi connectivity index (χ1v) is 11.7. The predicted octanol–water partition coefficient (Wildman–Crippen LogP) is 2.76. The van der Waals surface area contributed by atoms with Gasteiger partial charge in [-0.2, -0.15) is 0 Å². The zero-order chi connectivity index (χ0) is 17.4. The summed E-state index contributed by atoms with van der Waals surface area (Å²) in [5, 5.41) is 3.45. The van der Waals surface area contributed by atoms with Gasteiger partial charge in [-0.1, -0.05) is 30.7 Å². The number of fused-ring (bicyclic) bond motifs is 1. The van der Waals surface area contributed by atoms with E-state index in [2.05, 4.69) is 34.5 Å². The molecule has 5 heteroatoms. The number of nitrogens with one attached hydrogen (secondary N) is 1. The maximum atomic E-state index is 11.9. The largest absolute Gasteiger partial charge is 0.309 e. The highest BCUT2D eigenvalue weighted by molar-refractivity contribution is 7.91. The number of hydrogen-bond acceptors (Lipinski definition) is 4. The minimum absolute atomic E-state index is 0.270. The Bertz CT molecular complexity index is 701. The van der Waals surface area contributed by atoms with E-state index in [0.29, 0.717) is 6.04 Å². The summed E-state index contributed by atoms with van der Waals surface area (Å²) in [5.74, 6) is 1.71. The topological polar surface area (TPSA) is 49.4 Å². The van der Waals surface area contributed by atoms with Gasteiger partial charge in [0.1, 0.15) is 5.37 Å². The second kappa shape index (κ2) is 7.01. The minimum atomic E-state index is -2.96. The van der Waals surface area contributed by atoms with E-state index in [1.54, 1.807) is 0 Å². The van der Waals surface area contributed by atoms with Crippen LogP contribution in [0.25, 0.3) is 0 Å². The predicted molar refractivity (Wildman–Crippen MR) is 101 cm³/mol. The van der Waals surface area contributed by atoms with Crippen LogP contribution in [-0.4, -0.2) is 44.6 Å². The number of sulfone groups is 1. The van der Waals surface area contributed by atoms with Crippen LogP contribution in [0.3, 0.4) is 0 Å². The van der Waals surface area contributed by atoms with E-state index in [-0.39, 0.29) is 5.37 Å². The fourth-order valence-corrected chi connectivity index (χ4v) is 6.60. The first kappa shape index (κ1) is 17.5. The molecule has 138 valence electrons. The van der Waals surface area contributed by atoms with E-state index >= 15 is 0 Å². The van der Waals surface area contributed by atoms with Crippen LogP contribution in [0.15, 0.2) is 24.3 Å². The van der Waals surface area contributed by atoms with Crippen molar-refractivity contribution in [2.75, 3.05) is 25.9 Å². The first-order valence-electron chi connectivity index (χ1n) is 9.77. The van der Waals surface area contributed by atoms with E-state index in [0.717, 1.165) is 44.2 Å². The normalized spacial score (nSPS) is 33.0. The molecule has 1 saturated carbocycles. The smallest absolute Gasteiger partial charge is 0.163 e. The van der Waals surface area contributed by atoms with Gasteiger partial charge in [-0.05, 0) is 68.2 Å². The Labute approximate surface area is 151 Å². The Morgan fingerprint density at radius 1 is 1.12 bits per heavy atom. The third-order valence-electron chi connectivity index (χ3n) is 6.57. The summed E-state index contributed by atoms with van der Waals surface area (Å²) in [6, 6.07) is 9.59. The standard InChI is InChI=1S/C20H30N2O2S/c1-25(23,24)19-6-3-12-22(19)13-11-15-7-9-16(10-8-15)20-18-5-2-4-17(18)14-21-20/h7-10,17-21H,2-6,11-14H2,1H3. The summed E-state index contributed by atoms with van der Waals surface area (Å²) in [7, 11) is -2.96. The summed E-state index contributed by atoms with van der Waals surface area (Å²) in [4.78, 5) is 2.14. The van der Waals surface area contributed by atoms with E-state index in [1.807, 2.05) is 0 Å². The van der Waals surface area contributed by atoms with Gasteiger partial charge in [0.25, 0.3) is 0 Å². The number of rotatable bonds is 5. The highest BCUT2D eigenvalue weighted by atomic mass is 32.2. The molecule has 3 fully saturated rings. The zero-order valence-electron chi connectivity index (χ0n) is 15.2. The fraction of sp³-hybridized carbons (Fsp3) is 0.700. The number of nitrogens with zero attached hydrogens (tertiary/aromatic N) is 1.